The number of hydrogen-bond acceptors (Lipinski definition) is 7. The molecular formula is C46H26N4O2S. The Hall–Kier alpha value is -6.96. The number of para-hydroxylation sites is 3. The van der Waals surface area contributed by atoms with E-state index in [4.69, 9.17) is 28.8 Å². The zero-order valence-corrected chi connectivity index (χ0v) is 28.8. The highest BCUT2D eigenvalue weighted by Crippen LogP contribution is 2.40. The van der Waals surface area contributed by atoms with E-state index in [2.05, 4.69) is 66.7 Å². The van der Waals surface area contributed by atoms with Crippen LogP contribution in [0.5, 0.6) is 0 Å². The minimum absolute atomic E-state index is 0.571. The molecule has 11 rings (SSSR count). The van der Waals surface area contributed by atoms with Gasteiger partial charge in [-0.2, -0.15) is 0 Å². The Morgan fingerprint density at radius 2 is 1.09 bits per heavy atom. The molecule has 4 aromatic heterocycles. The van der Waals surface area contributed by atoms with Crippen molar-refractivity contribution in [3.05, 3.63) is 158 Å². The van der Waals surface area contributed by atoms with Gasteiger partial charge in [-0.05, 0) is 48.0 Å². The Bertz CT molecular complexity index is 3160. The van der Waals surface area contributed by atoms with E-state index in [1.807, 2.05) is 91.0 Å². The highest BCUT2D eigenvalue weighted by molar-refractivity contribution is 7.21. The molecule has 7 aromatic carbocycles. The lowest BCUT2D eigenvalue weighted by atomic mass is 10.00. The summed E-state index contributed by atoms with van der Waals surface area (Å²) in [4.78, 5) is 20.2. The van der Waals surface area contributed by atoms with Gasteiger partial charge in [-0.3, -0.25) is 0 Å². The molecule has 0 bridgehead atoms. The van der Waals surface area contributed by atoms with Gasteiger partial charge in [0.25, 0.3) is 0 Å². The first-order chi connectivity index (χ1) is 26.2. The van der Waals surface area contributed by atoms with Gasteiger partial charge in [0.2, 0.25) is 0 Å². The third-order valence-electron chi connectivity index (χ3n) is 9.78. The maximum absolute atomic E-state index is 6.50. The van der Waals surface area contributed by atoms with Crippen molar-refractivity contribution in [3.63, 3.8) is 0 Å². The molecule has 0 aliphatic heterocycles. The maximum Gasteiger partial charge on any atom is 0.164 e. The van der Waals surface area contributed by atoms with E-state index in [-0.39, 0.29) is 0 Å². The summed E-state index contributed by atoms with van der Waals surface area (Å²) in [5.74, 6) is 1.75. The van der Waals surface area contributed by atoms with Crippen molar-refractivity contribution < 1.29 is 8.83 Å². The average molecular weight is 699 g/mol. The lowest BCUT2D eigenvalue weighted by Gasteiger charge is -2.10. The predicted molar refractivity (Wildman–Crippen MR) is 215 cm³/mol. The van der Waals surface area contributed by atoms with Crippen LogP contribution in [0.3, 0.4) is 0 Å². The molecule has 11 aromatic rings. The van der Waals surface area contributed by atoms with E-state index in [1.165, 1.54) is 0 Å². The van der Waals surface area contributed by atoms with Crippen molar-refractivity contribution in [2.24, 2.45) is 0 Å². The summed E-state index contributed by atoms with van der Waals surface area (Å²) in [6.07, 6.45) is 0. The second kappa shape index (κ2) is 11.8. The largest absolute Gasteiger partial charge is 0.456 e. The van der Waals surface area contributed by atoms with Crippen LogP contribution in [0.1, 0.15) is 0 Å². The van der Waals surface area contributed by atoms with Gasteiger partial charge in [-0.15, -0.1) is 11.3 Å². The molecule has 0 saturated heterocycles. The normalized spacial score (nSPS) is 11.8. The fourth-order valence-corrected chi connectivity index (χ4v) is 8.24. The standard InChI is InChI=1S/C46H26N4O2S/c1-2-11-27(12-3-1)43-48-44(29-14-8-13-28(25-29)31-16-9-17-33-32-15-4-6-20-37(32)52-42(31)33)50-45(49-43)35-18-10-21-38-41(35)34-24-23-30(26-39(34)51-38)46-47-36-19-5-7-22-40(36)53-46/h1-26H. The lowest BCUT2D eigenvalue weighted by molar-refractivity contribution is 0.669. The van der Waals surface area contributed by atoms with Gasteiger partial charge in [-0.1, -0.05) is 115 Å². The minimum atomic E-state index is 0.571. The first kappa shape index (κ1) is 29.7. The molecule has 0 saturated carbocycles. The Labute approximate surface area is 306 Å². The Morgan fingerprint density at radius 1 is 0.396 bits per heavy atom. The summed E-state index contributed by atoms with van der Waals surface area (Å²) in [5, 5.41) is 5.10. The number of fused-ring (bicyclic) bond motifs is 7. The van der Waals surface area contributed by atoms with E-state index in [0.717, 1.165) is 92.5 Å². The maximum atomic E-state index is 6.50. The summed E-state index contributed by atoms with van der Waals surface area (Å²) >= 11 is 1.68. The van der Waals surface area contributed by atoms with Crippen molar-refractivity contribution in [1.29, 1.82) is 0 Å². The molecular weight excluding hydrogens is 673 g/mol. The van der Waals surface area contributed by atoms with Gasteiger partial charge in [0.05, 0.1) is 10.2 Å². The molecule has 0 radical (unpaired) electrons. The topological polar surface area (TPSA) is 77.8 Å². The van der Waals surface area contributed by atoms with Crippen LogP contribution in [0.4, 0.5) is 0 Å². The van der Waals surface area contributed by atoms with Crippen LogP contribution < -0.4 is 0 Å². The highest BCUT2D eigenvalue weighted by atomic mass is 32.1. The van der Waals surface area contributed by atoms with Crippen LogP contribution in [-0.2, 0) is 0 Å². The van der Waals surface area contributed by atoms with Gasteiger partial charge in [0.15, 0.2) is 17.5 Å². The molecule has 0 spiro atoms. The molecule has 0 aliphatic carbocycles. The van der Waals surface area contributed by atoms with E-state index in [1.54, 1.807) is 11.3 Å². The van der Waals surface area contributed by atoms with E-state index < -0.39 is 0 Å². The molecule has 53 heavy (non-hydrogen) atoms. The van der Waals surface area contributed by atoms with Gasteiger partial charge in [0, 0.05) is 49.4 Å². The van der Waals surface area contributed by atoms with Crippen molar-refractivity contribution >= 4 is 65.4 Å². The summed E-state index contributed by atoms with van der Waals surface area (Å²) in [6.45, 7) is 0. The Morgan fingerprint density at radius 3 is 2.02 bits per heavy atom. The van der Waals surface area contributed by atoms with Gasteiger partial charge in [0.1, 0.15) is 27.3 Å². The quantitative estimate of drug-likeness (QED) is 0.178. The number of thiazole rings is 1. The van der Waals surface area contributed by atoms with Crippen LogP contribution in [0.2, 0.25) is 0 Å². The van der Waals surface area contributed by atoms with Crippen molar-refractivity contribution in [1.82, 2.24) is 19.9 Å². The SMILES string of the molecule is c1ccc(-c2nc(-c3cccc(-c4cccc5c4oc4ccccc45)c3)nc(-c3cccc4oc5cc(-c6nc7ccccc7s6)ccc5c34)n2)cc1. The molecule has 6 nitrogen and oxygen atoms in total. The Kier molecular flexibility index (Phi) is 6.62. The van der Waals surface area contributed by atoms with Crippen LogP contribution in [0, 0.1) is 0 Å². The minimum Gasteiger partial charge on any atom is -0.456 e. The highest BCUT2D eigenvalue weighted by Gasteiger charge is 2.20. The number of benzene rings is 7. The fourth-order valence-electron chi connectivity index (χ4n) is 7.28. The van der Waals surface area contributed by atoms with Crippen LogP contribution in [0.25, 0.3) is 110 Å². The van der Waals surface area contributed by atoms with Crippen LogP contribution in [0.15, 0.2) is 167 Å². The average Bonchev–Trinajstić information content (AvgIpc) is 3.94. The van der Waals surface area contributed by atoms with Crippen LogP contribution in [-0.4, -0.2) is 19.9 Å². The fraction of sp³-hybridized carbons (Fsp3) is 0. The number of rotatable bonds is 5. The molecule has 7 heteroatoms. The van der Waals surface area contributed by atoms with E-state index in [9.17, 15) is 0 Å². The third kappa shape index (κ3) is 4.93. The zero-order chi connectivity index (χ0) is 34.9. The zero-order valence-electron chi connectivity index (χ0n) is 28.0. The molecule has 0 fully saturated rings. The number of nitrogens with zero attached hydrogens (tertiary/aromatic N) is 4. The first-order valence-electron chi connectivity index (χ1n) is 17.4. The van der Waals surface area contributed by atoms with Crippen molar-refractivity contribution in [2.75, 3.05) is 0 Å². The summed E-state index contributed by atoms with van der Waals surface area (Å²) in [7, 11) is 0. The van der Waals surface area contributed by atoms with E-state index >= 15 is 0 Å². The second-order valence-electron chi connectivity index (χ2n) is 13.0. The number of hydrogen-bond donors (Lipinski definition) is 0. The first-order valence-corrected chi connectivity index (χ1v) is 18.2. The lowest BCUT2D eigenvalue weighted by Crippen LogP contribution is -2.00. The molecule has 0 N–H and O–H groups in total. The van der Waals surface area contributed by atoms with Gasteiger partial charge < -0.3 is 8.83 Å². The van der Waals surface area contributed by atoms with Gasteiger partial charge in [-0.25, -0.2) is 19.9 Å². The second-order valence-corrected chi connectivity index (χ2v) is 14.0. The van der Waals surface area contributed by atoms with Crippen molar-refractivity contribution in [2.45, 2.75) is 0 Å². The van der Waals surface area contributed by atoms with Gasteiger partial charge >= 0.3 is 0 Å². The number of furan rings is 2. The summed E-state index contributed by atoms with van der Waals surface area (Å²) in [5.41, 5.74) is 9.98. The monoisotopic (exact) mass is 698 g/mol. The molecule has 0 aliphatic rings. The van der Waals surface area contributed by atoms with Crippen LogP contribution >= 0.6 is 11.3 Å². The molecule has 4 heterocycles. The molecule has 0 atom stereocenters. The molecule has 0 unspecified atom stereocenters. The Balaban J connectivity index is 1.07. The molecule has 248 valence electrons. The summed E-state index contributed by atoms with van der Waals surface area (Å²) in [6, 6.07) is 53.4. The van der Waals surface area contributed by atoms with Crippen molar-refractivity contribution in [3.8, 4) is 55.9 Å². The predicted octanol–water partition coefficient (Wildman–Crippen LogP) is 12.6. The van der Waals surface area contributed by atoms with E-state index in [0.29, 0.717) is 17.5 Å². The third-order valence-corrected chi connectivity index (χ3v) is 10.9. The number of aromatic nitrogens is 4. The smallest absolute Gasteiger partial charge is 0.164 e. The molecule has 0 amide bonds. The summed E-state index contributed by atoms with van der Waals surface area (Å²) < 4.78 is 14.1.